The molecule has 0 spiro atoms. The largest absolute Gasteiger partial charge is 0.450 e. The van der Waals surface area contributed by atoms with Gasteiger partial charge < -0.3 is 9.15 Å². The zero-order chi connectivity index (χ0) is 19.4. The van der Waals surface area contributed by atoms with Crippen LogP contribution in [0, 0.1) is 10.1 Å². The molecule has 1 aromatic heterocycles. The second-order valence-electron chi connectivity index (χ2n) is 5.55. The average Bonchev–Trinajstić information content (AvgIpc) is 3.05. The summed E-state index contributed by atoms with van der Waals surface area (Å²) in [6, 6.07) is 12.1. The highest BCUT2D eigenvalue weighted by Crippen LogP contribution is 2.26. The number of hydrazine groups is 1. The van der Waals surface area contributed by atoms with Crippen molar-refractivity contribution in [3.8, 4) is 0 Å². The fourth-order valence-electron chi connectivity index (χ4n) is 2.55. The monoisotopic (exact) mass is 369 g/mol. The number of hydrogen-bond donors (Lipinski definition) is 2. The summed E-state index contributed by atoms with van der Waals surface area (Å²) in [5, 5.41) is 11.4. The van der Waals surface area contributed by atoms with Crippen molar-refractivity contribution in [1.82, 2.24) is 10.9 Å². The summed E-state index contributed by atoms with van der Waals surface area (Å²) < 4.78 is 10.7. The number of benzene rings is 2. The summed E-state index contributed by atoms with van der Waals surface area (Å²) in [6.45, 7) is 0.163. The summed E-state index contributed by atoms with van der Waals surface area (Å²) in [6.07, 6.45) is 0. The number of nitro benzene ring substituents is 1. The van der Waals surface area contributed by atoms with Crippen molar-refractivity contribution < 1.29 is 23.7 Å². The maximum Gasteiger partial charge on any atom is 0.305 e. The highest BCUT2D eigenvalue weighted by atomic mass is 16.6. The van der Waals surface area contributed by atoms with Crippen molar-refractivity contribution >= 4 is 28.5 Å². The van der Waals surface area contributed by atoms with E-state index in [2.05, 4.69) is 10.9 Å². The van der Waals surface area contributed by atoms with Gasteiger partial charge in [-0.1, -0.05) is 18.2 Å². The summed E-state index contributed by atoms with van der Waals surface area (Å²) in [5.41, 5.74) is 5.63. The van der Waals surface area contributed by atoms with Crippen molar-refractivity contribution in [2.45, 2.75) is 6.61 Å². The molecule has 0 aliphatic heterocycles. The van der Waals surface area contributed by atoms with Crippen LogP contribution >= 0.6 is 0 Å². The minimum absolute atomic E-state index is 0.0297. The number of ether oxygens (including phenoxy) is 1. The molecular weight excluding hydrogens is 354 g/mol. The molecule has 138 valence electrons. The van der Waals surface area contributed by atoms with E-state index in [1.807, 2.05) is 6.07 Å². The Morgan fingerprint density at radius 2 is 1.74 bits per heavy atom. The van der Waals surface area contributed by atoms with E-state index in [0.717, 1.165) is 5.39 Å². The van der Waals surface area contributed by atoms with Crippen LogP contribution in [0.25, 0.3) is 11.0 Å². The number of non-ortho nitro benzene ring substituents is 1. The van der Waals surface area contributed by atoms with Crippen LogP contribution in [-0.4, -0.2) is 23.8 Å². The molecule has 0 bridgehead atoms. The van der Waals surface area contributed by atoms with Gasteiger partial charge >= 0.3 is 5.91 Å². The van der Waals surface area contributed by atoms with Gasteiger partial charge in [0.2, 0.25) is 0 Å². The fourth-order valence-corrected chi connectivity index (χ4v) is 2.55. The lowest BCUT2D eigenvalue weighted by molar-refractivity contribution is -0.384. The molecule has 0 aliphatic rings. The first-order chi connectivity index (χ1) is 13.0. The summed E-state index contributed by atoms with van der Waals surface area (Å²) >= 11 is 0. The van der Waals surface area contributed by atoms with E-state index in [1.165, 1.54) is 31.4 Å². The molecule has 0 saturated heterocycles. The predicted molar refractivity (Wildman–Crippen MR) is 95.0 cm³/mol. The van der Waals surface area contributed by atoms with Crippen LogP contribution in [0.4, 0.5) is 5.69 Å². The molecule has 3 rings (SSSR count). The summed E-state index contributed by atoms with van der Waals surface area (Å²) in [4.78, 5) is 34.6. The Balaban J connectivity index is 1.74. The molecule has 0 radical (unpaired) electrons. The molecule has 0 fully saturated rings. The molecule has 0 aliphatic carbocycles. The number of nitrogens with one attached hydrogen (secondary N) is 2. The molecule has 2 N–H and O–H groups in total. The fraction of sp³-hybridized carbons (Fsp3) is 0.111. The van der Waals surface area contributed by atoms with Crippen LogP contribution in [0.15, 0.2) is 52.9 Å². The SMILES string of the molecule is COCc1c(C(=O)NNC(=O)c2ccc([N+](=O)[O-])cc2)oc2ccccc12. The molecule has 0 atom stereocenters. The molecule has 3 aromatic rings. The van der Waals surface area contributed by atoms with Crippen LogP contribution < -0.4 is 10.9 Å². The minimum atomic E-state index is -0.645. The van der Waals surface area contributed by atoms with Gasteiger partial charge in [-0.25, -0.2) is 0 Å². The van der Waals surface area contributed by atoms with E-state index < -0.39 is 16.7 Å². The van der Waals surface area contributed by atoms with Crippen LogP contribution in [-0.2, 0) is 11.3 Å². The molecule has 27 heavy (non-hydrogen) atoms. The molecular formula is C18H15N3O6. The Morgan fingerprint density at radius 3 is 2.41 bits per heavy atom. The van der Waals surface area contributed by atoms with Crippen LogP contribution in [0.2, 0.25) is 0 Å². The van der Waals surface area contributed by atoms with E-state index in [1.54, 1.807) is 18.2 Å². The van der Waals surface area contributed by atoms with Gasteiger partial charge in [0.05, 0.1) is 11.5 Å². The van der Waals surface area contributed by atoms with Gasteiger partial charge in [-0.3, -0.25) is 30.6 Å². The summed E-state index contributed by atoms with van der Waals surface area (Å²) in [5.74, 6) is -1.24. The van der Waals surface area contributed by atoms with Crippen molar-refractivity contribution in [2.24, 2.45) is 0 Å². The molecule has 2 aromatic carbocycles. The topological polar surface area (TPSA) is 124 Å². The molecule has 1 heterocycles. The number of amides is 2. The van der Waals surface area contributed by atoms with Gasteiger partial charge in [-0.05, 0) is 18.2 Å². The number of fused-ring (bicyclic) bond motifs is 1. The highest BCUT2D eigenvalue weighted by Gasteiger charge is 2.21. The lowest BCUT2D eigenvalue weighted by Gasteiger charge is -2.07. The molecule has 0 saturated carbocycles. The molecule has 9 nitrogen and oxygen atoms in total. The Kier molecular flexibility index (Phi) is 5.13. The number of furan rings is 1. The van der Waals surface area contributed by atoms with Gasteiger partial charge in [0, 0.05) is 35.8 Å². The zero-order valence-corrected chi connectivity index (χ0v) is 14.2. The third-order valence-corrected chi connectivity index (χ3v) is 3.82. The number of rotatable bonds is 5. The zero-order valence-electron chi connectivity index (χ0n) is 14.2. The Morgan fingerprint density at radius 1 is 1.07 bits per heavy atom. The average molecular weight is 369 g/mol. The first-order valence-electron chi connectivity index (χ1n) is 7.85. The standard InChI is InChI=1S/C18H15N3O6/c1-26-10-14-13-4-2-3-5-15(13)27-16(14)18(23)20-19-17(22)11-6-8-12(9-7-11)21(24)25/h2-9H,10H2,1H3,(H,19,22)(H,20,23). The Labute approximate surface area is 153 Å². The van der Waals surface area contributed by atoms with E-state index in [0.29, 0.717) is 11.1 Å². The second-order valence-corrected chi connectivity index (χ2v) is 5.55. The van der Waals surface area contributed by atoms with Gasteiger partial charge in [-0.2, -0.15) is 0 Å². The second kappa shape index (κ2) is 7.67. The van der Waals surface area contributed by atoms with Gasteiger partial charge in [0.25, 0.3) is 11.6 Å². The smallest absolute Gasteiger partial charge is 0.305 e. The van der Waals surface area contributed by atoms with E-state index in [9.17, 15) is 19.7 Å². The maximum absolute atomic E-state index is 12.4. The highest BCUT2D eigenvalue weighted by molar-refractivity contribution is 6.01. The number of hydrogen-bond acceptors (Lipinski definition) is 6. The van der Waals surface area contributed by atoms with E-state index in [4.69, 9.17) is 9.15 Å². The maximum atomic E-state index is 12.4. The van der Waals surface area contributed by atoms with Crippen molar-refractivity contribution in [3.63, 3.8) is 0 Å². The number of para-hydroxylation sites is 1. The Hall–Kier alpha value is -3.72. The molecule has 0 unspecified atom stereocenters. The predicted octanol–water partition coefficient (Wildman–Crippen LogP) is 2.56. The minimum Gasteiger partial charge on any atom is -0.450 e. The van der Waals surface area contributed by atoms with Gasteiger partial charge in [0.15, 0.2) is 5.76 Å². The molecule has 9 heteroatoms. The number of carbonyl (C=O) groups is 2. The van der Waals surface area contributed by atoms with Crippen LogP contribution in [0.3, 0.4) is 0 Å². The number of methoxy groups -OCH3 is 1. The van der Waals surface area contributed by atoms with Crippen molar-refractivity contribution in [1.29, 1.82) is 0 Å². The lowest BCUT2D eigenvalue weighted by atomic mass is 10.1. The number of nitro groups is 1. The quantitative estimate of drug-likeness (QED) is 0.526. The third kappa shape index (κ3) is 3.77. The van der Waals surface area contributed by atoms with E-state index >= 15 is 0 Å². The van der Waals surface area contributed by atoms with Crippen LogP contribution in [0.1, 0.15) is 26.5 Å². The first kappa shape index (κ1) is 18.1. The Bertz CT molecular complexity index is 1010. The number of nitrogens with zero attached hydrogens (tertiary/aromatic N) is 1. The van der Waals surface area contributed by atoms with Crippen LogP contribution in [0.5, 0.6) is 0 Å². The summed E-state index contributed by atoms with van der Waals surface area (Å²) in [7, 11) is 1.50. The van der Waals surface area contributed by atoms with Gasteiger partial charge in [0.1, 0.15) is 5.58 Å². The van der Waals surface area contributed by atoms with Crippen molar-refractivity contribution in [3.05, 3.63) is 75.5 Å². The normalized spacial score (nSPS) is 10.6. The lowest BCUT2D eigenvalue weighted by Crippen LogP contribution is -2.41. The molecule has 2 amide bonds. The van der Waals surface area contributed by atoms with Crippen molar-refractivity contribution in [2.75, 3.05) is 7.11 Å². The van der Waals surface area contributed by atoms with Gasteiger partial charge in [-0.15, -0.1) is 0 Å². The third-order valence-electron chi connectivity index (χ3n) is 3.82. The first-order valence-corrected chi connectivity index (χ1v) is 7.85. The van der Waals surface area contributed by atoms with E-state index in [-0.39, 0.29) is 23.6 Å². The number of carbonyl (C=O) groups excluding carboxylic acids is 2.